The molecule has 0 atom stereocenters. The van der Waals surface area contributed by atoms with E-state index in [2.05, 4.69) is 38.7 Å². The molecule has 0 saturated heterocycles. The van der Waals surface area contributed by atoms with Crippen molar-refractivity contribution in [3.05, 3.63) is 53.6 Å². The minimum absolute atomic E-state index is 0.201. The van der Waals surface area contributed by atoms with Crippen LogP contribution in [0.15, 0.2) is 36.5 Å². The van der Waals surface area contributed by atoms with Crippen molar-refractivity contribution in [2.45, 2.75) is 39.5 Å². The predicted octanol–water partition coefficient (Wildman–Crippen LogP) is 5.13. The highest BCUT2D eigenvalue weighted by atomic mass is 19.1. The van der Waals surface area contributed by atoms with Crippen molar-refractivity contribution in [3.8, 4) is 11.1 Å². The molecule has 0 amide bonds. The van der Waals surface area contributed by atoms with Crippen molar-refractivity contribution < 1.29 is 4.39 Å². The normalized spacial score (nSPS) is 11.3. The molecule has 2 heteroatoms. The van der Waals surface area contributed by atoms with Gasteiger partial charge < -0.3 is 0 Å². The van der Waals surface area contributed by atoms with Crippen molar-refractivity contribution in [2.24, 2.45) is 0 Å². The first-order valence-electron chi connectivity index (χ1n) is 6.74. The first-order valence-corrected chi connectivity index (χ1v) is 6.74. The monoisotopic (exact) mass is 257 g/mol. The lowest BCUT2D eigenvalue weighted by Gasteiger charge is -2.15. The van der Waals surface area contributed by atoms with E-state index in [-0.39, 0.29) is 5.82 Å². The average molecular weight is 257 g/mol. The van der Waals surface area contributed by atoms with Crippen molar-refractivity contribution in [2.75, 3.05) is 0 Å². The highest BCUT2D eigenvalue weighted by Crippen LogP contribution is 2.30. The number of aromatic nitrogens is 1. The smallest absolute Gasteiger partial charge is 0.123 e. The van der Waals surface area contributed by atoms with E-state index in [9.17, 15) is 4.39 Å². The molecule has 100 valence electrons. The molecule has 0 bridgehead atoms. The molecule has 1 aromatic carbocycles. The van der Waals surface area contributed by atoms with Crippen molar-refractivity contribution in [1.29, 1.82) is 0 Å². The molecule has 0 N–H and O–H groups in total. The number of pyridine rings is 1. The molecule has 1 heterocycles. The molecular weight excluding hydrogens is 237 g/mol. The quantitative estimate of drug-likeness (QED) is 0.742. The van der Waals surface area contributed by atoms with Crippen molar-refractivity contribution >= 4 is 0 Å². The van der Waals surface area contributed by atoms with Crippen LogP contribution < -0.4 is 0 Å². The van der Waals surface area contributed by atoms with E-state index >= 15 is 0 Å². The van der Waals surface area contributed by atoms with Gasteiger partial charge in [-0.15, -0.1) is 0 Å². The molecule has 1 aromatic heterocycles. The van der Waals surface area contributed by atoms with Gasteiger partial charge in [0.1, 0.15) is 5.82 Å². The fraction of sp³-hybridized carbons (Fsp3) is 0.353. The summed E-state index contributed by atoms with van der Waals surface area (Å²) in [5.41, 5.74) is 4.49. The largest absolute Gasteiger partial charge is 0.261 e. The third-order valence-electron chi connectivity index (χ3n) is 3.32. The Morgan fingerprint density at radius 2 is 1.58 bits per heavy atom. The second-order valence-electron chi connectivity index (χ2n) is 5.51. The SMILES string of the molecule is CC(C)c1cc(-c2ccc(F)cc2)c(C(C)C)cn1. The third-order valence-corrected chi connectivity index (χ3v) is 3.32. The first-order chi connectivity index (χ1) is 8.99. The standard InChI is InChI=1S/C17H20FN/c1-11(2)16-10-19-17(12(3)4)9-15(16)13-5-7-14(18)8-6-13/h5-12H,1-4H3. The maximum absolute atomic E-state index is 13.1. The number of benzene rings is 1. The van der Waals surface area contributed by atoms with Crippen LogP contribution in [0.4, 0.5) is 4.39 Å². The summed E-state index contributed by atoms with van der Waals surface area (Å²) in [6.45, 7) is 8.57. The van der Waals surface area contributed by atoms with Crippen LogP contribution in [0.3, 0.4) is 0 Å². The Morgan fingerprint density at radius 1 is 0.947 bits per heavy atom. The number of hydrogen-bond donors (Lipinski definition) is 0. The second-order valence-corrected chi connectivity index (χ2v) is 5.51. The van der Waals surface area contributed by atoms with Gasteiger partial charge in [0.15, 0.2) is 0 Å². The summed E-state index contributed by atoms with van der Waals surface area (Å²) in [4.78, 5) is 4.53. The van der Waals surface area contributed by atoms with Gasteiger partial charge in [-0.3, -0.25) is 4.98 Å². The lowest BCUT2D eigenvalue weighted by molar-refractivity contribution is 0.628. The van der Waals surface area contributed by atoms with Gasteiger partial charge in [-0.05, 0) is 46.7 Å². The van der Waals surface area contributed by atoms with Crippen LogP contribution in [0.25, 0.3) is 11.1 Å². The highest BCUT2D eigenvalue weighted by Gasteiger charge is 2.12. The van der Waals surface area contributed by atoms with E-state index in [1.165, 1.54) is 17.7 Å². The van der Waals surface area contributed by atoms with Crippen LogP contribution >= 0.6 is 0 Å². The molecule has 19 heavy (non-hydrogen) atoms. The number of hydrogen-bond acceptors (Lipinski definition) is 1. The van der Waals surface area contributed by atoms with E-state index in [4.69, 9.17) is 0 Å². The van der Waals surface area contributed by atoms with Crippen LogP contribution in [0.5, 0.6) is 0 Å². The Morgan fingerprint density at radius 3 is 2.11 bits per heavy atom. The molecule has 0 aliphatic carbocycles. The Kier molecular flexibility index (Phi) is 3.98. The van der Waals surface area contributed by atoms with E-state index in [1.807, 2.05) is 18.3 Å². The molecule has 1 nitrogen and oxygen atoms in total. The molecule has 0 saturated carbocycles. The Labute approximate surface area is 114 Å². The zero-order valence-electron chi connectivity index (χ0n) is 11.9. The minimum atomic E-state index is -0.201. The Balaban J connectivity index is 2.57. The van der Waals surface area contributed by atoms with Gasteiger partial charge in [-0.2, -0.15) is 0 Å². The van der Waals surface area contributed by atoms with Gasteiger partial charge in [-0.1, -0.05) is 39.8 Å². The summed E-state index contributed by atoms with van der Waals surface area (Å²) in [5.74, 6) is 0.585. The summed E-state index contributed by atoms with van der Waals surface area (Å²) in [5, 5.41) is 0. The lowest BCUT2D eigenvalue weighted by atomic mass is 9.92. The average Bonchev–Trinajstić information content (AvgIpc) is 2.38. The molecule has 0 aliphatic heterocycles. The van der Waals surface area contributed by atoms with Gasteiger partial charge in [0.25, 0.3) is 0 Å². The van der Waals surface area contributed by atoms with Gasteiger partial charge >= 0.3 is 0 Å². The van der Waals surface area contributed by atoms with Crippen molar-refractivity contribution in [1.82, 2.24) is 4.98 Å². The fourth-order valence-electron chi connectivity index (χ4n) is 2.14. The van der Waals surface area contributed by atoms with E-state index in [1.54, 1.807) is 0 Å². The lowest BCUT2D eigenvalue weighted by Crippen LogP contribution is -1.99. The zero-order valence-corrected chi connectivity index (χ0v) is 11.9. The van der Waals surface area contributed by atoms with Gasteiger partial charge in [0.05, 0.1) is 0 Å². The molecular formula is C17H20FN. The summed E-state index contributed by atoms with van der Waals surface area (Å²) < 4.78 is 13.1. The molecule has 2 aromatic rings. The summed E-state index contributed by atoms with van der Waals surface area (Å²) >= 11 is 0. The maximum Gasteiger partial charge on any atom is 0.123 e. The highest BCUT2D eigenvalue weighted by molar-refractivity contribution is 5.68. The first kappa shape index (κ1) is 13.7. The molecule has 0 spiro atoms. The van der Waals surface area contributed by atoms with Crippen LogP contribution in [0, 0.1) is 5.82 Å². The Hall–Kier alpha value is -1.70. The van der Waals surface area contributed by atoms with Crippen LogP contribution in [0.2, 0.25) is 0 Å². The maximum atomic E-state index is 13.1. The molecule has 0 unspecified atom stereocenters. The van der Waals surface area contributed by atoms with E-state index < -0.39 is 0 Å². The van der Waals surface area contributed by atoms with Crippen LogP contribution in [-0.4, -0.2) is 4.98 Å². The third kappa shape index (κ3) is 3.01. The summed E-state index contributed by atoms with van der Waals surface area (Å²) in [7, 11) is 0. The zero-order chi connectivity index (χ0) is 14.0. The van der Waals surface area contributed by atoms with E-state index in [0.717, 1.165) is 16.8 Å². The van der Waals surface area contributed by atoms with E-state index in [0.29, 0.717) is 11.8 Å². The number of rotatable bonds is 3. The van der Waals surface area contributed by atoms with Gasteiger partial charge in [0, 0.05) is 11.9 Å². The van der Waals surface area contributed by atoms with Gasteiger partial charge in [0.2, 0.25) is 0 Å². The van der Waals surface area contributed by atoms with Gasteiger partial charge in [-0.25, -0.2) is 4.39 Å². The molecule has 2 rings (SSSR count). The predicted molar refractivity (Wildman–Crippen MR) is 77.8 cm³/mol. The summed E-state index contributed by atoms with van der Waals surface area (Å²) in [6.07, 6.45) is 1.96. The number of halogens is 1. The minimum Gasteiger partial charge on any atom is -0.261 e. The number of nitrogens with zero attached hydrogens (tertiary/aromatic N) is 1. The molecule has 0 aliphatic rings. The van der Waals surface area contributed by atoms with Crippen LogP contribution in [0.1, 0.15) is 50.8 Å². The van der Waals surface area contributed by atoms with Crippen molar-refractivity contribution in [3.63, 3.8) is 0 Å². The topological polar surface area (TPSA) is 12.9 Å². The summed E-state index contributed by atoms with van der Waals surface area (Å²) in [6, 6.07) is 8.82. The molecule has 0 radical (unpaired) electrons. The van der Waals surface area contributed by atoms with Crippen LogP contribution in [-0.2, 0) is 0 Å². The second kappa shape index (κ2) is 5.52. The fourth-order valence-corrected chi connectivity index (χ4v) is 2.14. The molecule has 0 fully saturated rings. The Bertz CT molecular complexity index is 556.